The summed E-state index contributed by atoms with van der Waals surface area (Å²) in [7, 11) is 0. The Bertz CT molecular complexity index is 1150. The van der Waals surface area contributed by atoms with Gasteiger partial charge in [-0.05, 0) is 23.8 Å². The van der Waals surface area contributed by atoms with E-state index in [4.69, 9.17) is 27.6 Å². The number of amides is 1. The number of carbonyl (C=O) groups excluding carboxylic acids is 1. The molecule has 7 nitrogen and oxygen atoms in total. The second-order valence-electron chi connectivity index (χ2n) is 5.37. The lowest BCUT2D eigenvalue weighted by Gasteiger charge is -2.03. The fraction of sp³-hybridized carbons (Fsp3) is 0. The predicted molar refractivity (Wildman–Crippen MR) is 103 cm³/mol. The number of nitrogens with zero attached hydrogens (tertiary/aromatic N) is 1. The van der Waals surface area contributed by atoms with Gasteiger partial charge >= 0.3 is 11.3 Å². The van der Waals surface area contributed by atoms with E-state index in [0.29, 0.717) is 21.0 Å². The molecule has 1 amide bonds. The van der Waals surface area contributed by atoms with E-state index in [0.717, 1.165) is 0 Å². The number of carbonyl (C=O) groups is 1. The van der Waals surface area contributed by atoms with Crippen LogP contribution in [0.2, 0.25) is 10.0 Å². The number of nitro benzene ring substituents is 1. The first-order valence-corrected chi connectivity index (χ1v) is 8.27. The summed E-state index contributed by atoms with van der Waals surface area (Å²) in [6.07, 6.45) is 2.62. The fourth-order valence-electron chi connectivity index (χ4n) is 2.35. The van der Waals surface area contributed by atoms with Crippen LogP contribution in [0.1, 0.15) is 5.56 Å². The first-order valence-electron chi connectivity index (χ1n) is 7.51. The number of non-ortho nitro benzene ring substituents is 1. The van der Waals surface area contributed by atoms with Crippen molar-refractivity contribution >= 4 is 57.5 Å². The molecule has 0 fully saturated rings. The van der Waals surface area contributed by atoms with E-state index in [-0.39, 0.29) is 17.0 Å². The number of para-hydroxylation sites is 1. The Morgan fingerprint density at radius 1 is 1.19 bits per heavy atom. The van der Waals surface area contributed by atoms with Crippen LogP contribution >= 0.6 is 23.2 Å². The number of rotatable bonds is 4. The largest absolute Gasteiger partial charge is 0.414 e. The summed E-state index contributed by atoms with van der Waals surface area (Å²) in [5.41, 5.74) is -1.01. The zero-order valence-electron chi connectivity index (χ0n) is 13.4. The van der Waals surface area contributed by atoms with E-state index in [1.165, 1.54) is 36.4 Å². The van der Waals surface area contributed by atoms with E-state index in [1.807, 2.05) is 0 Å². The molecule has 27 heavy (non-hydrogen) atoms. The van der Waals surface area contributed by atoms with Crippen LogP contribution < -0.4 is 10.9 Å². The van der Waals surface area contributed by atoms with Crippen molar-refractivity contribution in [1.82, 2.24) is 0 Å². The molecule has 0 saturated carbocycles. The van der Waals surface area contributed by atoms with E-state index in [2.05, 4.69) is 5.32 Å². The Morgan fingerprint density at radius 2 is 1.93 bits per heavy atom. The maximum atomic E-state index is 12.1. The molecular weight excluding hydrogens is 395 g/mol. The molecule has 0 spiro atoms. The molecule has 136 valence electrons. The van der Waals surface area contributed by atoms with Gasteiger partial charge in [0, 0.05) is 17.5 Å². The molecule has 3 rings (SSSR count). The van der Waals surface area contributed by atoms with Gasteiger partial charge in [0.25, 0.3) is 0 Å². The maximum absolute atomic E-state index is 12.1. The summed E-state index contributed by atoms with van der Waals surface area (Å²) in [5, 5.41) is 14.3. The van der Waals surface area contributed by atoms with Crippen LogP contribution in [0.15, 0.2) is 57.8 Å². The van der Waals surface area contributed by atoms with E-state index in [1.54, 1.807) is 18.2 Å². The smallest absolute Gasteiger partial charge is 0.360 e. The molecule has 0 aliphatic rings. The van der Waals surface area contributed by atoms with Gasteiger partial charge in [0.2, 0.25) is 11.5 Å². The second kappa shape index (κ2) is 7.61. The van der Waals surface area contributed by atoms with E-state index < -0.39 is 16.5 Å². The number of benzene rings is 2. The van der Waals surface area contributed by atoms with Crippen molar-refractivity contribution < 1.29 is 14.1 Å². The minimum Gasteiger partial charge on any atom is -0.414 e. The summed E-state index contributed by atoms with van der Waals surface area (Å²) in [6.45, 7) is 0. The van der Waals surface area contributed by atoms with Crippen LogP contribution in [-0.2, 0) is 4.79 Å². The summed E-state index contributed by atoms with van der Waals surface area (Å²) < 4.78 is 5.01. The van der Waals surface area contributed by atoms with Gasteiger partial charge in [0.1, 0.15) is 5.69 Å². The Hall–Kier alpha value is -3.16. The number of anilines is 1. The average Bonchev–Trinajstić information content (AvgIpc) is 2.63. The van der Waals surface area contributed by atoms with Crippen molar-refractivity contribution in [3.8, 4) is 0 Å². The van der Waals surface area contributed by atoms with Gasteiger partial charge in [-0.1, -0.05) is 47.5 Å². The Kier molecular flexibility index (Phi) is 5.25. The molecule has 3 aromatic rings. The maximum Gasteiger partial charge on any atom is 0.360 e. The van der Waals surface area contributed by atoms with Crippen LogP contribution in [0.4, 0.5) is 11.4 Å². The first-order chi connectivity index (χ1) is 12.9. The van der Waals surface area contributed by atoms with Gasteiger partial charge in [-0.3, -0.25) is 14.9 Å². The number of nitro groups is 1. The third-order valence-electron chi connectivity index (χ3n) is 3.59. The van der Waals surface area contributed by atoms with Gasteiger partial charge < -0.3 is 9.73 Å². The van der Waals surface area contributed by atoms with Crippen molar-refractivity contribution in [1.29, 1.82) is 0 Å². The average molecular weight is 405 g/mol. The highest BCUT2D eigenvalue weighted by Crippen LogP contribution is 2.27. The molecule has 0 radical (unpaired) electrons. The van der Waals surface area contributed by atoms with Crippen LogP contribution in [0.25, 0.3) is 17.0 Å². The Balaban J connectivity index is 1.88. The molecule has 1 N–H and O–H groups in total. The summed E-state index contributed by atoms with van der Waals surface area (Å²) in [5.74, 6) is -0.608. The van der Waals surface area contributed by atoms with Crippen molar-refractivity contribution in [3.05, 3.63) is 84.7 Å². The highest BCUT2D eigenvalue weighted by Gasteiger charge is 2.16. The standard InChI is InChI=1S/C18H10Cl2N2O5/c19-12-5-1-3-10(16(12)20)7-8-15(23)21-13-9-11-4-2-6-14(22(25)26)17(11)27-18(13)24/h1-9H,(H,21,23). The third-order valence-corrected chi connectivity index (χ3v) is 4.42. The molecule has 0 aliphatic heterocycles. The van der Waals surface area contributed by atoms with Crippen molar-refractivity contribution in [2.45, 2.75) is 0 Å². The number of halogens is 2. The number of hydrogen-bond donors (Lipinski definition) is 1. The highest BCUT2D eigenvalue weighted by atomic mass is 35.5. The van der Waals surface area contributed by atoms with E-state index in [9.17, 15) is 19.7 Å². The number of nitrogens with one attached hydrogen (secondary N) is 1. The Morgan fingerprint density at radius 3 is 2.67 bits per heavy atom. The molecule has 0 bridgehead atoms. The lowest BCUT2D eigenvalue weighted by atomic mass is 10.2. The summed E-state index contributed by atoms with van der Waals surface area (Å²) in [6, 6.07) is 10.5. The molecule has 9 heteroatoms. The zero-order valence-corrected chi connectivity index (χ0v) is 15.0. The predicted octanol–water partition coefficient (Wildman–Crippen LogP) is 4.66. The van der Waals surface area contributed by atoms with E-state index >= 15 is 0 Å². The van der Waals surface area contributed by atoms with Crippen LogP contribution in [0.3, 0.4) is 0 Å². The normalized spacial score (nSPS) is 11.0. The minimum atomic E-state index is -0.903. The summed E-state index contributed by atoms with van der Waals surface area (Å²) in [4.78, 5) is 34.5. The van der Waals surface area contributed by atoms with Gasteiger partial charge in [0.05, 0.1) is 15.0 Å². The van der Waals surface area contributed by atoms with Gasteiger partial charge in [0.15, 0.2) is 0 Å². The first kappa shape index (κ1) is 18.6. The monoisotopic (exact) mass is 404 g/mol. The third kappa shape index (κ3) is 3.99. The van der Waals surface area contributed by atoms with Crippen molar-refractivity contribution in [2.24, 2.45) is 0 Å². The lowest BCUT2D eigenvalue weighted by molar-refractivity contribution is -0.383. The van der Waals surface area contributed by atoms with Crippen LogP contribution in [0.5, 0.6) is 0 Å². The van der Waals surface area contributed by atoms with Crippen molar-refractivity contribution in [2.75, 3.05) is 5.32 Å². The zero-order chi connectivity index (χ0) is 19.6. The molecule has 0 atom stereocenters. The summed E-state index contributed by atoms with van der Waals surface area (Å²) >= 11 is 11.9. The molecule has 0 aliphatic carbocycles. The second-order valence-corrected chi connectivity index (χ2v) is 6.15. The van der Waals surface area contributed by atoms with Crippen LogP contribution in [-0.4, -0.2) is 10.8 Å². The quantitative estimate of drug-likeness (QED) is 0.294. The molecule has 1 heterocycles. The molecular formula is C18H10Cl2N2O5. The topological polar surface area (TPSA) is 102 Å². The molecule has 0 unspecified atom stereocenters. The van der Waals surface area contributed by atoms with Crippen molar-refractivity contribution in [3.63, 3.8) is 0 Å². The SMILES string of the molecule is O=C(C=Cc1cccc(Cl)c1Cl)Nc1cc2cccc([N+](=O)[O-])c2oc1=O. The lowest BCUT2D eigenvalue weighted by Crippen LogP contribution is -2.15. The molecule has 1 aromatic heterocycles. The molecule has 0 saturated heterocycles. The highest BCUT2D eigenvalue weighted by molar-refractivity contribution is 6.42. The van der Waals surface area contributed by atoms with Crippen LogP contribution in [0, 0.1) is 10.1 Å². The minimum absolute atomic E-state index is 0.144. The van der Waals surface area contributed by atoms with Gasteiger partial charge in [-0.15, -0.1) is 0 Å². The Labute approximate surface area is 162 Å². The van der Waals surface area contributed by atoms with Gasteiger partial charge in [-0.2, -0.15) is 0 Å². The molecule has 2 aromatic carbocycles. The fourth-order valence-corrected chi connectivity index (χ4v) is 2.72. The number of hydrogen-bond acceptors (Lipinski definition) is 5. The number of fused-ring (bicyclic) bond motifs is 1. The van der Waals surface area contributed by atoms with Gasteiger partial charge in [-0.25, -0.2) is 4.79 Å².